The van der Waals surface area contributed by atoms with E-state index in [1.54, 1.807) is 0 Å². The van der Waals surface area contributed by atoms with Crippen LogP contribution < -0.4 is 11.1 Å². The van der Waals surface area contributed by atoms with Crippen molar-refractivity contribution in [2.24, 2.45) is 0 Å². The van der Waals surface area contributed by atoms with Gasteiger partial charge in [0.15, 0.2) is 0 Å². The molecule has 1 aromatic carbocycles. The quantitative estimate of drug-likeness (QED) is 0.658. The molecule has 0 aromatic heterocycles. The first kappa shape index (κ1) is 12.0. The maximum atomic E-state index is 5.71. The molecule has 3 N–H and O–H groups in total. The van der Waals surface area contributed by atoms with Crippen molar-refractivity contribution >= 4 is 34.0 Å². The number of anilines is 2. The maximum Gasteiger partial charge on any atom is 0.0477 e. The van der Waals surface area contributed by atoms with E-state index in [-0.39, 0.29) is 0 Å². The molecular weight excluding hydrogens is 313 g/mol. The van der Waals surface area contributed by atoms with Crippen molar-refractivity contribution in [2.45, 2.75) is 12.8 Å². The summed E-state index contributed by atoms with van der Waals surface area (Å²) in [6.45, 7) is 4.68. The van der Waals surface area contributed by atoms with E-state index in [0.29, 0.717) is 0 Å². The zero-order valence-corrected chi connectivity index (χ0v) is 11.5. The molecule has 0 bridgehead atoms. The van der Waals surface area contributed by atoms with E-state index in [0.717, 1.165) is 18.8 Å². The van der Waals surface area contributed by atoms with E-state index in [4.69, 9.17) is 5.73 Å². The first-order valence-electron chi connectivity index (χ1n) is 5.77. The predicted octanol–water partition coefficient (Wildman–Crippen LogP) is 2.38. The minimum Gasteiger partial charge on any atom is -0.399 e. The molecule has 0 aliphatic carbocycles. The van der Waals surface area contributed by atoms with Crippen LogP contribution in [0, 0.1) is 3.57 Å². The number of likely N-dealkylation sites (tertiary alicyclic amines) is 1. The lowest BCUT2D eigenvalue weighted by Gasteiger charge is -2.16. The van der Waals surface area contributed by atoms with Crippen LogP contribution in [0.5, 0.6) is 0 Å². The Bertz CT molecular complexity index is 348. The minimum absolute atomic E-state index is 0.828. The Morgan fingerprint density at radius 3 is 2.75 bits per heavy atom. The number of rotatable bonds is 4. The second-order valence-electron chi connectivity index (χ2n) is 4.21. The van der Waals surface area contributed by atoms with Gasteiger partial charge in [-0.25, -0.2) is 0 Å². The second kappa shape index (κ2) is 5.72. The first-order valence-corrected chi connectivity index (χ1v) is 6.85. The highest BCUT2D eigenvalue weighted by atomic mass is 127. The highest BCUT2D eigenvalue weighted by Crippen LogP contribution is 2.20. The molecule has 1 aliphatic heterocycles. The van der Waals surface area contributed by atoms with Crippen molar-refractivity contribution < 1.29 is 0 Å². The van der Waals surface area contributed by atoms with Crippen molar-refractivity contribution in [1.29, 1.82) is 0 Å². The van der Waals surface area contributed by atoms with Crippen molar-refractivity contribution in [2.75, 3.05) is 37.2 Å². The third kappa shape index (κ3) is 3.25. The average Bonchev–Trinajstić information content (AvgIpc) is 2.74. The Morgan fingerprint density at radius 1 is 1.31 bits per heavy atom. The van der Waals surface area contributed by atoms with Gasteiger partial charge in [0.2, 0.25) is 0 Å². The number of benzene rings is 1. The second-order valence-corrected chi connectivity index (χ2v) is 5.38. The third-order valence-electron chi connectivity index (χ3n) is 2.94. The van der Waals surface area contributed by atoms with Crippen LogP contribution in [0.15, 0.2) is 18.2 Å². The normalized spacial score (nSPS) is 16.6. The average molecular weight is 331 g/mol. The molecule has 3 nitrogen and oxygen atoms in total. The van der Waals surface area contributed by atoms with E-state index >= 15 is 0 Å². The molecule has 0 saturated carbocycles. The van der Waals surface area contributed by atoms with Crippen molar-refractivity contribution in [3.63, 3.8) is 0 Å². The number of halogens is 1. The molecule has 16 heavy (non-hydrogen) atoms. The van der Waals surface area contributed by atoms with Gasteiger partial charge in [-0.2, -0.15) is 0 Å². The summed E-state index contributed by atoms with van der Waals surface area (Å²) in [5.41, 5.74) is 7.73. The molecule has 1 saturated heterocycles. The van der Waals surface area contributed by atoms with Gasteiger partial charge in [0.1, 0.15) is 0 Å². The number of nitrogens with zero attached hydrogens (tertiary/aromatic N) is 1. The van der Waals surface area contributed by atoms with Crippen LogP contribution in [0.1, 0.15) is 12.8 Å². The van der Waals surface area contributed by atoms with Crippen LogP contribution in [0.3, 0.4) is 0 Å². The molecule has 1 aromatic rings. The highest BCUT2D eigenvalue weighted by Gasteiger charge is 2.10. The predicted molar refractivity (Wildman–Crippen MR) is 77.7 cm³/mol. The van der Waals surface area contributed by atoms with E-state index < -0.39 is 0 Å². The molecule has 1 fully saturated rings. The summed E-state index contributed by atoms with van der Waals surface area (Å²) < 4.78 is 1.19. The van der Waals surface area contributed by atoms with Crippen molar-refractivity contribution in [3.05, 3.63) is 21.8 Å². The minimum atomic E-state index is 0.828. The van der Waals surface area contributed by atoms with E-state index in [1.807, 2.05) is 12.1 Å². The van der Waals surface area contributed by atoms with Gasteiger partial charge in [0.25, 0.3) is 0 Å². The van der Waals surface area contributed by atoms with Gasteiger partial charge in [0, 0.05) is 28.0 Å². The molecule has 1 aliphatic rings. The summed E-state index contributed by atoms with van der Waals surface area (Å²) in [6, 6.07) is 6.00. The lowest BCUT2D eigenvalue weighted by molar-refractivity contribution is 0.352. The Hall–Kier alpha value is -0.490. The fourth-order valence-electron chi connectivity index (χ4n) is 2.03. The maximum absolute atomic E-state index is 5.71. The summed E-state index contributed by atoms with van der Waals surface area (Å²) in [6.07, 6.45) is 2.72. The third-order valence-corrected chi connectivity index (χ3v) is 3.83. The Labute approximate surface area is 111 Å². The van der Waals surface area contributed by atoms with Crippen LogP contribution in [-0.2, 0) is 0 Å². The largest absolute Gasteiger partial charge is 0.399 e. The van der Waals surface area contributed by atoms with Crippen LogP contribution in [0.2, 0.25) is 0 Å². The molecule has 1 heterocycles. The van der Waals surface area contributed by atoms with Gasteiger partial charge in [-0.1, -0.05) is 0 Å². The number of nitrogen functional groups attached to an aromatic ring is 1. The lowest BCUT2D eigenvalue weighted by Crippen LogP contribution is -2.26. The van der Waals surface area contributed by atoms with E-state index in [1.165, 1.54) is 35.2 Å². The molecular formula is C12H18IN3. The number of hydrogen-bond acceptors (Lipinski definition) is 3. The SMILES string of the molecule is Nc1ccc(NCCN2CCCC2)c(I)c1. The number of nitrogens with one attached hydrogen (secondary N) is 1. The number of nitrogens with two attached hydrogens (primary N) is 1. The molecule has 0 radical (unpaired) electrons. The molecule has 4 heteroatoms. The van der Waals surface area contributed by atoms with E-state index in [2.05, 4.69) is 38.9 Å². The Kier molecular flexibility index (Phi) is 4.29. The molecule has 0 unspecified atom stereocenters. The van der Waals surface area contributed by atoms with Gasteiger partial charge in [0.05, 0.1) is 0 Å². The zero-order chi connectivity index (χ0) is 11.4. The highest BCUT2D eigenvalue weighted by molar-refractivity contribution is 14.1. The van der Waals surface area contributed by atoms with Gasteiger partial charge < -0.3 is 16.0 Å². The first-order chi connectivity index (χ1) is 7.75. The molecule has 88 valence electrons. The smallest absolute Gasteiger partial charge is 0.0477 e. The fourth-order valence-corrected chi connectivity index (χ4v) is 2.76. The molecule has 0 atom stereocenters. The van der Waals surface area contributed by atoms with Gasteiger partial charge >= 0.3 is 0 Å². The van der Waals surface area contributed by atoms with Crippen molar-refractivity contribution in [1.82, 2.24) is 4.90 Å². The molecule has 2 rings (SSSR count). The monoisotopic (exact) mass is 331 g/mol. The standard InChI is InChI=1S/C12H18IN3/c13-11-9-10(14)3-4-12(11)15-5-8-16-6-1-2-7-16/h3-4,9,15H,1-2,5-8,14H2. The van der Waals surface area contributed by atoms with Crippen LogP contribution in [0.25, 0.3) is 0 Å². The zero-order valence-electron chi connectivity index (χ0n) is 9.38. The van der Waals surface area contributed by atoms with Gasteiger partial charge in [-0.15, -0.1) is 0 Å². The van der Waals surface area contributed by atoms with Crippen LogP contribution >= 0.6 is 22.6 Å². The van der Waals surface area contributed by atoms with Gasteiger partial charge in [-0.05, 0) is 66.7 Å². The molecule has 0 spiro atoms. The van der Waals surface area contributed by atoms with Crippen molar-refractivity contribution in [3.8, 4) is 0 Å². The summed E-state index contributed by atoms with van der Waals surface area (Å²) in [4.78, 5) is 2.51. The molecule has 0 amide bonds. The lowest BCUT2D eigenvalue weighted by atomic mass is 10.3. The Morgan fingerprint density at radius 2 is 2.06 bits per heavy atom. The number of hydrogen-bond donors (Lipinski definition) is 2. The van der Waals surface area contributed by atoms with E-state index in [9.17, 15) is 0 Å². The van der Waals surface area contributed by atoms with Crippen LogP contribution in [-0.4, -0.2) is 31.1 Å². The summed E-state index contributed by atoms with van der Waals surface area (Å²) in [7, 11) is 0. The van der Waals surface area contributed by atoms with Crippen LogP contribution in [0.4, 0.5) is 11.4 Å². The van der Waals surface area contributed by atoms with Gasteiger partial charge in [-0.3, -0.25) is 0 Å². The summed E-state index contributed by atoms with van der Waals surface area (Å²) in [5.74, 6) is 0. The Balaban J connectivity index is 1.80. The fraction of sp³-hybridized carbons (Fsp3) is 0.500. The topological polar surface area (TPSA) is 41.3 Å². The summed E-state index contributed by atoms with van der Waals surface area (Å²) in [5, 5.41) is 3.46. The summed E-state index contributed by atoms with van der Waals surface area (Å²) >= 11 is 2.32.